The van der Waals surface area contributed by atoms with Gasteiger partial charge in [0.15, 0.2) is 23.0 Å². The largest absolute Gasteiger partial charge is 0.493 e. The van der Waals surface area contributed by atoms with Gasteiger partial charge in [-0.05, 0) is 42.3 Å². The summed E-state index contributed by atoms with van der Waals surface area (Å²) in [6.45, 7) is 3.52. The lowest BCUT2D eigenvalue weighted by molar-refractivity contribution is 0.174. The first-order valence-electron chi connectivity index (χ1n) is 9.20. The van der Waals surface area contributed by atoms with Crippen LogP contribution in [0.1, 0.15) is 16.7 Å². The van der Waals surface area contributed by atoms with Crippen LogP contribution < -0.4 is 24.3 Å². The van der Waals surface area contributed by atoms with E-state index in [-0.39, 0.29) is 6.79 Å². The third kappa shape index (κ3) is 4.14. The van der Waals surface area contributed by atoms with Gasteiger partial charge in [-0.25, -0.2) is 0 Å². The Kier molecular flexibility index (Phi) is 5.24. The fourth-order valence-electron chi connectivity index (χ4n) is 3.11. The summed E-state index contributed by atoms with van der Waals surface area (Å²) in [4.78, 5) is 0. The van der Waals surface area contributed by atoms with Crippen molar-refractivity contribution in [1.29, 1.82) is 0 Å². The number of methoxy groups -OCH3 is 1. The molecule has 3 aromatic carbocycles. The second kappa shape index (κ2) is 8.13. The van der Waals surface area contributed by atoms with E-state index in [2.05, 4.69) is 30.4 Å². The minimum atomic E-state index is 0.278. The van der Waals surface area contributed by atoms with Crippen molar-refractivity contribution in [2.45, 2.75) is 20.1 Å². The Balaban J connectivity index is 1.40. The van der Waals surface area contributed by atoms with Gasteiger partial charge in [0.25, 0.3) is 0 Å². The molecule has 5 nitrogen and oxygen atoms in total. The summed E-state index contributed by atoms with van der Waals surface area (Å²) in [6.07, 6.45) is 0. The zero-order valence-electron chi connectivity index (χ0n) is 16.0. The minimum Gasteiger partial charge on any atom is -0.493 e. The van der Waals surface area contributed by atoms with E-state index in [0.29, 0.717) is 13.2 Å². The fraction of sp³-hybridized carbons (Fsp3) is 0.217. The van der Waals surface area contributed by atoms with E-state index in [1.54, 1.807) is 7.11 Å². The maximum atomic E-state index is 5.96. The van der Waals surface area contributed by atoms with Gasteiger partial charge in [0.2, 0.25) is 6.79 Å². The number of rotatable bonds is 7. The number of ether oxygens (including phenoxy) is 4. The first-order valence-corrected chi connectivity index (χ1v) is 9.20. The van der Waals surface area contributed by atoms with E-state index in [0.717, 1.165) is 39.8 Å². The van der Waals surface area contributed by atoms with Crippen LogP contribution in [0.4, 0.5) is 5.69 Å². The molecule has 0 radical (unpaired) electrons. The summed E-state index contributed by atoms with van der Waals surface area (Å²) >= 11 is 0. The second-order valence-electron chi connectivity index (χ2n) is 6.68. The molecule has 0 unspecified atom stereocenters. The van der Waals surface area contributed by atoms with E-state index in [1.165, 1.54) is 5.56 Å². The lowest BCUT2D eigenvalue weighted by atomic mass is 10.1. The molecule has 28 heavy (non-hydrogen) atoms. The van der Waals surface area contributed by atoms with Gasteiger partial charge in [-0.15, -0.1) is 0 Å². The summed E-state index contributed by atoms with van der Waals surface area (Å²) in [7, 11) is 1.66. The van der Waals surface area contributed by atoms with Gasteiger partial charge < -0.3 is 24.3 Å². The van der Waals surface area contributed by atoms with Crippen LogP contribution in [0, 0.1) is 6.92 Å². The molecule has 0 saturated heterocycles. The molecule has 1 aliphatic heterocycles. The number of aryl methyl sites for hydroxylation is 1. The van der Waals surface area contributed by atoms with Gasteiger partial charge in [0.05, 0.1) is 7.11 Å². The number of nitrogens with one attached hydrogen (secondary N) is 1. The molecule has 1 N–H and O–H groups in total. The molecule has 1 heterocycles. The van der Waals surface area contributed by atoms with E-state index in [1.807, 2.05) is 42.5 Å². The monoisotopic (exact) mass is 377 g/mol. The number of hydrogen-bond donors (Lipinski definition) is 1. The average molecular weight is 377 g/mol. The summed E-state index contributed by atoms with van der Waals surface area (Å²) in [5, 5.41) is 3.39. The molecule has 1 aliphatic rings. The molecule has 0 spiro atoms. The van der Waals surface area contributed by atoms with E-state index in [4.69, 9.17) is 18.9 Å². The molecule has 0 saturated carbocycles. The van der Waals surface area contributed by atoms with Gasteiger partial charge >= 0.3 is 0 Å². The zero-order chi connectivity index (χ0) is 19.3. The van der Waals surface area contributed by atoms with Crippen LogP contribution >= 0.6 is 0 Å². The number of benzene rings is 3. The van der Waals surface area contributed by atoms with Gasteiger partial charge in [0.1, 0.15) is 6.61 Å². The molecule has 0 atom stereocenters. The molecule has 0 aliphatic carbocycles. The minimum absolute atomic E-state index is 0.278. The standard InChI is InChI=1S/C23H23NO4/c1-16-4-3-5-18(10-16)14-26-20-8-6-17(11-22(20)25-2)13-24-19-7-9-21-23(12-19)28-15-27-21/h3-12,24H,13-15H2,1-2H3. The SMILES string of the molecule is COc1cc(CNc2ccc3c(c2)OCO3)ccc1OCc1cccc(C)c1. The van der Waals surface area contributed by atoms with Gasteiger partial charge in [-0.3, -0.25) is 0 Å². The fourth-order valence-corrected chi connectivity index (χ4v) is 3.11. The van der Waals surface area contributed by atoms with Gasteiger partial charge in [-0.2, -0.15) is 0 Å². The zero-order valence-corrected chi connectivity index (χ0v) is 16.0. The van der Waals surface area contributed by atoms with Crippen LogP contribution in [0.15, 0.2) is 60.7 Å². The highest BCUT2D eigenvalue weighted by molar-refractivity contribution is 5.56. The smallest absolute Gasteiger partial charge is 0.231 e. The Bertz CT molecular complexity index is 971. The van der Waals surface area contributed by atoms with Crippen molar-refractivity contribution < 1.29 is 18.9 Å². The quantitative estimate of drug-likeness (QED) is 0.633. The number of hydrogen-bond acceptors (Lipinski definition) is 5. The Morgan fingerprint density at radius 2 is 1.79 bits per heavy atom. The Morgan fingerprint density at radius 1 is 0.893 bits per heavy atom. The molecule has 0 fully saturated rings. The maximum Gasteiger partial charge on any atom is 0.231 e. The lowest BCUT2D eigenvalue weighted by Crippen LogP contribution is -2.02. The van der Waals surface area contributed by atoms with Crippen molar-refractivity contribution in [1.82, 2.24) is 0 Å². The Morgan fingerprint density at radius 3 is 2.64 bits per heavy atom. The van der Waals surface area contributed by atoms with Crippen molar-refractivity contribution in [3.05, 3.63) is 77.4 Å². The summed E-state index contributed by atoms with van der Waals surface area (Å²) in [6, 6.07) is 20.1. The van der Waals surface area contributed by atoms with Crippen molar-refractivity contribution in [3.63, 3.8) is 0 Å². The van der Waals surface area contributed by atoms with Crippen molar-refractivity contribution in [2.75, 3.05) is 19.2 Å². The van der Waals surface area contributed by atoms with Crippen LogP contribution in [0.3, 0.4) is 0 Å². The summed E-state index contributed by atoms with van der Waals surface area (Å²) in [5.41, 5.74) is 4.43. The molecule has 0 bridgehead atoms. The molecule has 0 amide bonds. The third-order valence-electron chi connectivity index (χ3n) is 4.57. The Labute approximate surface area is 164 Å². The molecule has 0 aromatic heterocycles. The van der Waals surface area contributed by atoms with Crippen LogP contribution in [-0.4, -0.2) is 13.9 Å². The topological polar surface area (TPSA) is 49.0 Å². The van der Waals surface area contributed by atoms with E-state index >= 15 is 0 Å². The number of fused-ring (bicyclic) bond motifs is 1. The highest BCUT2D eigenvalue weighted by Crippen LogP contribution is 2.34. The average Bonchev–Trinajstić information content (AvgIpc) is 3.19. The van der Waals surface area contributed by atoms with Crippen LogP contribution in [0.5, 0.6) is 23.0 Å². The van der Waals surface area contributed by atoms with Crippen molar-refractivity contribution in [2.24, 2.45) is 0 Å². The molecule has 144 valence electrons. The van der Waals surface area contributed by atoms with Crippen molar-refractivity contribution in [3.8, 4) is 23.0 Å². The molecular weight excluding hydrogens is 354 g/mol. The van der Waals surface area contributed by atoms with E-state index < -0.39 is 0 Å². The highest BCUT2D eigenvalue weighted by atomic mass is 16.7. The summed E-state index contributed by atoms with van der Waals surface area (Å²) in [5.74, 6) is 3.00. The normalized spacial score (nSPS) is 11.9. The number of anilines is 1. The molecular formula is C23H23NO4. The van der Waals surface area contributed by atoms with Crippen molar-refractivity contribution >= 4 is 5.69 Å². The third-order valence-corrected chi connectivity index (χ3v) is 4.57. The van der Waals surface area contributed by atoms with Crippen LogP contribution in [0.2, 0.25) is 0 Å². The Hall–Kier alpha value is -3.34. The first-order chi connectivity index (χ1) is 13.7. The van der Waals surface area contributed by atoms with Gasteiger partial charge in [-0.1, -0.05) is 35.9 Å². The molecule has 3 aromatic rings. The highest BCUT2D eigenvalue weighted by Gasteiger charge is 2.13. The van der Waals surface area contributed by atoms with E-state index in [9.17, 15) is 0 Å². The lowest BCUT2D eigenvalue weighted by Gasteiger charge is -2.13. The predicted molar refractivity (Wildman–Crippen MR) is 108 cm³/mol. The van der Waals surface area contributed by atoms with Crippen LogP contribution in [-0.2, 0) is 13.2 Å². The maximum absolute atomic E-state index is 5.96. The van der Waals surface area contributed by atoms with Crippen LogP contribution in [0.25, 0.3) is 0 Å². The molecule has 4 rings (SSSR count). The first kappa shape index (κ1) is 18.0. The summed E-state index contributed by atoms with van der Waals surface area (Å²) < 4.78 is 22.2. The van der Waals surface area contributed by atoms with Gasteiger partial charge in [0, 0.05) is 18.3 Å². The second-order valence-corrected chi connectivity index (χ2v) is 6.68. The predicted octanol–water partition coefficient (Wildman–Crippen LogP) is 4.92. The molecule has 5 heteroatoms.